The van der Waals surface area contributed by atoms with Crippen LogP contribution in [-0.4, -0.2) is 46.6 Å². The van der Waals surface area contributed by atoms with Crippen LogP contribution in [0.3, 0.4) is 0 Å². The molecule has 18 heavy (non-hydrogen) atoms. The van der Waals surface area contributed by atoms with Crippen molar-refractivity contribution in [3.05, 3.63) is 10.3 Å². The number of hydrogen-bond acceptors (Lipinski definition) is 5. The van der Waals surface area contributed by atoms with E-state index in [1.54, 1.807) is 7.05 Å². The third-order valence-electron chi connectivity index (χ3n) is 3.02. The van der Waals surface area contributed by atoms with Crippen LogP contribution in [0.5, 0.6) is 0 Å². The quantitative estimate of drug-likeness (QED) is 0.818. The smallest absolute Gasteiger partial charge is 0.186 e. The first-order valence-corrected chi connectivity index (χ1v) is 6.88. The molecule has 0 amide bonds. The Morgan fingerprint density at radius 1 is 1.56 bits per heavy atom. The Balaban J connectivity index is 1.78. The Kier molecular flexibility index (Phi) is 4.85. The maximum atomic E-state index is 12.0. The normalized spacial score (nSPS) is 17.0. The lowest BCUT2D eigenvalue weighted by Crippen LogP contribution is -2.32. The van der Waals surface area contributed by atoms with Crippen LogP contribution < -0.4 is 5.32 Å². The number of halogens is 1. The molecule has 0 spiro atoms. The first-order chi connectivity index (χ1) is 8.68. The van der Waals surface area contributed by atoms with Gasteiger partial charge in [0, 0.05) is 13.5 Å². The lowest BCUT2D eigenvalue weighted by Gasteiger charge is -2.22. The molecule has 2 rings (SSSR count). The zero-order valence-corrected chi connectivity index (χ0v) is 11.9. The minimum absolute atomic E-state index is 0.00306. The Hall–Kier alpha value is -0.790. The van der Waals surface area contributed by atoms with Crippen LogP contribution in [0.1, 0.15) is 29.8 Å². The van der Waals surface area contributed by atoms with Gasteiger partial charge >= 0.3 is 0 Å². The van der Waals surface area contributed by atoms with E-state index in [1.807, 2.05) is 0 Å². The number of nitrogens with one attached hydrogen (secondary N) is 1. The van der Waals surface area contributed by atoms with Gasteiger partial charge in [0.15, 0.2) is 10.4 Å². The third-order valence-corrected chi connectivity index (χ3v) is 3.55. The fraction of sp³-hybridized carbons (Fsp3) is 0.727. The molecule has 100 valence electrons. The third kappa shape index (κ3) is 3.37. The van der Waals surface area contributed by atoms with Crippen molar-refractivity contribution in [2.75, 3.05) is 19.7 Å². The van der Waals surface area contributed by atoms with Gasteiger partial charge in [-0.15, -0.1) is 5.10 Å². The van der Waals surface area contributed by atoms with Gasteiger partial charge < -0.3 is 10.1 Å². The molecule has 7 heteroatoms. The van der Waals surface area contributed by atoms with E-state index in [9.17, 15) is 4.79 Å². The first kappa shape index (κ1) is 13.6. The average Bonchev–Trinajstić information content (AvgIpc) is 2.70. The van der Waals surface area contributed by atoms with Gasteiger partial charge in [0.2, 0.25) is 0 Å². The van der Waals surface area contributed by atoms with E-state index in [2.05, 4.69) is 31.6 Å². The molecule has 0 bridgehead atoms. The maximum Gasteiger partial charge on any atom is 0.186 e. The molecule has 6 nitrogen and oxygen atoms in total. The number of hydrogen-bond donors (Lipinski definition) is 1. The fourth-order valence-electron chi connectivity index (χ4n) is 2.03. The maximum absolute atomic E-state index is 12.0. The Labute approximate surface area is 114 Å². The van der Waals surface area contributed by atoms with Crippen LogP contribution in [0.2, 0.25) is 0 Å². The molecule has 0 aliphatic carbocycles. The molecule has 0 unspecified atom stereocenters. The second-order valence-corrected chi connectivity index (χ2v) is 5.10. The summed E-state index contributed by atoms with van der Waals surface area (Å²) in [6.07, 6.45) is 2.69. The van der Waals surface area contributed by atoms with Crippen molar-refractivity contribution in [2.45, 2.75) is 25.4 Å². The molecule has 1 aliphatic rings. The summed E-state index contributed by atoms with van der Waals surface area (Å²) in [6.45, 7) is 2.45. The summed E-state index contributed by atoms with van der Waals surface area (Å²) in [4.78, 5) is 12.0. The number of aromatic nitrogens is 3. The molecule has 1 aliphatic heterocycles. The van der Waals surface area contributed by atoms with Crippen LogP contribution in [-0.2, 0) is 11.8 Å². The van der Waals surface area contributed by atoms with Crippen molar-refractivity contribution in [1.82, 2.24) is 20.3 Å². The average molecular weight is 317 g/mol. The topological polar surface area (TPSA) is 69.0 Å². The van der Waals surface area contributed by atoms with Gasteiger partial charge in [-0.3, -0.25) is 4.79 Å². The van der Waals surface area contributed by atoms with E-state index in [-0.39, 0.29) is 11.9 Å². The second-order valence-electron chi connectivity index (χ2n) is 4.35. The summed E-state index contributed by atoms with van der Waals surface area (Å²) < 4.78 is 7.69. The highest BCUT2D eigenvalue weighted by Gasteiger charge is 2.18. The van der Waals surface area contributed by atoms with Crippen molar-refractivity contribution in [1.29, 1.82) is 0 Å². The van der Waals surface area contributed by atoms with Crippen LogP contribution in [0.15, 0.2) is 4.60 Å². The number of rotatable bonds is 5. The number of carbonyl (C=O) groups excluding carboxylic acids is 1. The predicted molar refractivity (Wildman–Crippen MR) is 69.5 cm³/mol. The second kappa shape index (κ2) is 6.40. The SMILES string of the molecule is Cn1nnc(Br)c1C(=O)CCOC1CCNCC1. The molecule has 0 atom stereocenters. The highest BCUT2D eigenvalue weighted by Crippen LogP contribution is 2.14. The van der Waals surface area contributed by atoms with Gasteiger partial charge in [-0.05, 0) is 41.9 Å². The summed E-state index contributed by atoms with van der Waals surface area (Å²) in [5, 5.41) is 10.9. The largest absolute Gasteiger partial charge is 0.378 e. The number of ketones is 1. The van der Waals surface area contributed by atoms with Gasteiger partial charge in [-0.2, -0.15) is 0 Å². The van der Waals surface area contributed by atoms with Crippen molar-refractivity contribution in [3.63, 3.8) is 0 Å². The number of nitrogens with zero attached hydrogens (tertiary/aromatic N) is 3. The summed E-state index contributed by atoms with van der Waals surface area (Å²) in [6, 6.07) is 0. The van der Waals surface area contributed by atoms with Crippen LogP contribution >= 0.6 is 15.9 Å². The Morgan fingerprint density at radius 3 is 2.89 bits per heavy atom. The fourth-order valence-corrected chi connectivity index (χ4v) is 2.57. The molecule has 2 heterocycles. The van der Waals surface area contributed by atoms with E-state index >= 15 is 0 Å². The van der Waals surface area contributed by atoms with Crippen molar-refractivity contribution >= 4 is 21.7 Å². The molecular formula is C11H17BrN4O2. The summed E-state index contributed by atoms with van der Waals surface area (Å²) >= 11 is 3.22. The van der Waals surface area contributed by atoms with Crippen molar-refractivity contribution < 1.29 is 9.53 Å². The summed E-state index contributed by atoms with van der Waals surface area (Å²) in [5.41, 5.74) is 0.504. The monoisotopic (exact) mass is 316 g/mol. The zero-order chi connectivity index (χ0) is 13.0. The molecule has 1 aromatic heterocycles. The lowest BCUT2D eigenvalue weighted by molar-refractivity contribution is 0.0312. The van der Waals surface area contributed by atoms with Crippen molar-refractivity contribution in [3.8, 4) is 0 Å². The molecular weight excluding hydrogens is 300 g/mol. The predicted octanol–water partition coefficient (Wildman–Crippen LogP) is 0.919. The number of aryl methyl sites for hydroxylation is 1. The Morgan fingerprint density at radius 2 is 2.28 bits per heavy atom. The highest BCUT2D eigenvalue weighted by atomic mass is 79.9. The minimum atomic E-state index is 0.00306. The molecule has 1 N–H and O–H groups in total. The van der Waals surface area contributed by atoms with Crippen LogP contribution in [0.25, 0.3) is 0 Å². The van der Waals surface area contributed by atoms with Crippen LogP contribution in [0, 0.1) is 0 Å². The van der Waals surface area contributed by atoms with E-state index < -0.39 is 0 Å². The Bertz CT molecular complexity index is 396. The number of carbonyl (C=O) groups is 1. The standard InChI is InChI=1S/C11H17BrN4O2/c1-16-10(11(12)14-15-16)9(17)4-7-18-8-2-5-13-6-3-8/h8,13H,2-7H2,1H3. The zero-order valence-electron chi connectivity index (χ0n) is 10.4. The minimum Gasteiger partial charge on any atom is -0.378 e. The van der Waals surface area contributed by atoms with E-state index in [1.165, 1.54) is 4.68 Å². The van der Waals surface area contributed by atoms with Gasteiger partial charge in [-0.25, -0.2) is 4.68 Å². The molecule has 1 fully saturated rings. The van der Waals surface area contributed by atoms with Gasteiger partial charge in [0.05, 0.1) is 12.7 Å². The van der Waals surface area contributed by atoms with Crippen molar-refractivity contribution in [2.24, 2.45) is 7.05 Å². The van der Waals surface area contributed by atoms with Gasteiger partial charge in [0.25, 0.3) is 0 Å². The highest BCUT2D eigenvalue weighted by molar-refractivity contribution is 9.10. The van der Waals surface area contributed by atoms with E-state index in [0.717, 1.165) is 25.9 Å². The molecule has 0 saturated carbocycles. The van der Waals surface area contributed by atoms with Crippen LogP contribution in [0.4, 0.5) is 0 Å². The molecule has 0 radical (unpaired) electrons. The van der Waals surface area contributed by atoms with Gasteiger partial charge in [-0.1, -0.05) is 5.21 Å². The summed E-state index contributed by atoms with van der Waals surface area (Å²) in [7, 11) is 1.71. The van der Waals surface area contributed by atoms with E-state index in [0.29, 0.717) is 23.3 Å². The number of piperidine rings is 1. The number of Topliss-reactive ketones (excluding diaryl/α,β-unsaturated/α-hetero) is 1. The molecule has 0 aromatic carbocycles. The summed E-state index contributed by atoms with van der Waals surface area (Å²) in [5.74, 6) is 0.00306. The first-order valence-electron chi connectivity index (χ1n) is 6.09. The number of ether oxygens (including phenoxy) is 1. The molecule has 1 aromatic rings. The van der Waals surface area contributed by atoms with Gasteiger partial charge in [0.1, 0.15) is 5.69 Å². The lowest BCUT2D eigenvalue weighted by atomic mass is 10.1. The van der Waals surface area contributed by atoms with E-state index in [4.69, 9.17) is 4.74 Å². The molecule has 1 saturated heterocycles.